The average molecular weight is 314 g/mol. The Hall–Kier alpha value is -0.880. The number of nitrogen functional groups attached to an aromatic ring is 1. The Kier molecular flexibility index (Phi) is 4.40. The lowest BCUT2D eigenvalue weighted by Crippen LogP contribution is -2.29. The number of anilines is 2. The first-order valence-corrected chi connectivity index (χ1v) is 7.17. The van der Waals surface area contributed by atoms with Crippen molar-refractivity contribution in [3.05, 3.63) is 10.7 Å². The zero-order chi connectivity index (χ0) is 13.1. The van der Waals surface area contributed by atoms with E-state index >= 15 is 0 Å². The average Bonchev–Trinajstić information content (AvgIpc) is 3.15. The molecular weight excluding hydrogens is 294 g/mol. The molecule has 1 fully saturated rings. The van der Waals surface area contributed by atoms with Crippen LogP contribution in [0.5, 0.6) is 0 Å². The van der Waals surface area contributed by atoms with Crippen LogP contribution >= 0.6 is 15.9 Å². The van der Waals surface area contributed by atoms with Gasteiger partial charge in [0.25, 0.3) is 0 Å². The summed E-state index contributed by atoms with van der Waals surface area (Å²) in [5.74, 6) is 7.47. The summed E-state index contributed by atoms with van der Waals surface area (Å²) in [6, 6.07) is 0.626. The maximum Gasteiger partial charge on any atom is 0.239 e. The lowest BCUT2D eigenvalue weighted by molar-refractivity contribution is 0.568. The van der Waals surface area contributed by atoms with E-state index in [0.29, 0.717) is 17.9 Å². The molecule has 0 spiro atoms. The van der Waals surface area contributed by atoms with Gasteiger partial charge in [0.1, 0.15) is 5.82 Å². The topological polar surface area (TPSA) is 67.1 Å². The van der Waals surface area contributed by atoms with Crippen molar-refractivity contribution in [3.63, 3.8) is 0 Å². The van der Waals surface area contributed by atoms with E-state index in [4.69, 9.17) is 5.84 Å². The molecule has 0 aromatic carbocycles. The second kappa shape index (κ2) is 5.84. The Balaban J connectivity index is 2.18. The molecule has 0 aliphatic heterocycles. The van der Waals surface area contributed by atoms with Crippen molar-refractivity contribution in [2.75, 3.05) is 16.9 Å². The predicted molar refractivity (Wildman–Crippen MR) is 77.4 cm³/mol. The van der Waals surface area contributed by atoms with Crippen molar-refractivity contribution in [1.29, 1.82) is 0 Å². The summed E-state index contributed by atoms with van der Waals surface area (Å²) in [5.41, 5.74) is 2.50. The second-order valence-electron chi connectivity index (χ2n) is 5.12. The van der Waals surface area contributed by atoms with E-state index in [1.807, 2.05) is 0 Å². The van der Waals surface area contributed by atoms with Gasteiger partial charge in [-0.2, -0.15) is 4.98 Å². The van der Waals surface area contributed by atoms with Crippen LogP contribution in [0.15, 0.2) is 10.7 Å². The van der Waals surface area contributed by atoms with Gasteiger partial charge < -0.3 is 4.90 Å². The quantitative estimate of drug-likeness (QED) is 0.624. The highest BCUT2D eigenvalue weighted by molar-refractivity contribution is 9.10. The zero-order valence-electron chi connectivity index (χ0n) is 10.9. The van der Waals surface area contributed by atoms with Crippen LogP contribution in [0.2, 0.25) is 0 Å². The van der Waals surface area contributed by atoms with E-state index in [2.05, 4.69) is 50.1 Å². The number of nitrogens with one attached hydrogen (secondary N) is 1. The molecule has 2 rings (SSSR count). The molecule has 1 aromatic rings. The van der Waals surface area contributed by atoms with Crippen LogP contribution in [0.4, 0.5) is 11.8 Å². The summed E-state index contributed by atoms with van der Waals surface area (Å²) >= 11 is 3.53. The van der Waals surface area contributed by atoms with Crippen molar-refractivity contribution in [2.45, 2.75) is 39.2 Å². The van der Waals surface area contributed by atoms with Crippen LogP contribution in [0.3, 0.4) is 0 Å². The standard InChI is InChI=1S/C12H20BrN5/c1-8(2)5-6-18(9-3-4-9)11-10(13)7-15-12(16-11)17-14/h7-9H,3-6,14H2,1-2H3,(H,15,16,17). The molecule has 0 radical (unpaired) electrons. The highest BCUT2D eigenvalue weighted by Crippen LogP contribution is 2.35. The number of aromatic nitrogens is 2. The summed E-state index contributed by atoms with van der Waals surface area (Å²) in [5, 5.41) is 0. The van der Waals surface area contributed by atoms with Crippen LogP contribution in [0.1, 0.15) is 33.1 Å². The third-order valence-corrected chi connectivity index (χ3v) is 3.62. The third kappa shape index (κ3) is 3.32. The Morgan fingerprint density at radius 2 is 2.28 bits per heavy atom. The van der Waals surface area contributed by atoms with Crippen molar-refractivity contribution in [2.24, 2.45) is 11.8 Å². The highest BCUT2D eigenvalue weighted by Gasteiger charge is 2.31. The monoisotopic (exact) mass is 313 g/mol. The van der Waals surface area contributed by atoms with Gasteiger partial charge in [-0.15, -0.1) is 0 Å². The predicted octanol–water partition coefficient (Wildman–Crippen LogP) is 2.54. The number of hydrazine groups is 1. The smallest absolute Gasteiger partial charge is 0.239 e. The van der Waals surface area contributed by atoms with E-state index in [1.165, 1.54) is 19.3 Å². The van der Waals surface area contributed by atoms with Crippen LogP contribution < -0.4 is 16.2 Å². The van der Waals surface area contributed by atoms with Crippen molar-refractivity contribution < 1.29 is 0 Å². The van der Waals surface area contributed by atoms with Crippen molar-refractivity contribution >= 4 is 27.7 Å². The van der Waals surface area contributed by atoms with E-state index < -0.39 is 0 Å². The maximum atomic E-state index is 5.37. The Morgan fingerprint density at radius 1 is 1.56 bits per heavy atom. The molecule has 1 heterocycles. The molecule has 1 saturated carbocycles. The molecular formula is C12H20BrN5. The molecule has 0 amide bonds. The first-order chi connectivity index (χ1) is 8.61. The summed E-state index contributed by atoms with van der Waals surface area (Å²) in [6.07, 6.45) is 5.42. The maximum absolute atomic E-state index is 5.37. The molecule has 0 atom stereocenters. The number of rotatable bonds is 6. The number of hydrogen-bond acceptors (Lipinski definition) is 5. The van der Waals surface area contributed by atoms with E-state index in [9.17, 15) is 0 Å². The summed E-state index contributed by atoms with van der Waals surface area (Å²) < 4.78 is 0.928. The fraction of sp³-hybridized carbons (Fsp3) is 0.667. The lowest BCUT2D eigenvalue weighted by atomic mass is 10.1. The molecule has 1 aliphatic rings. The normalized spacial score (nSPS) is 14.9. The molecule has 5 nitrogen and oxygen atoms in total. The molecule has 3 N–H and O–H groups in total. The Bertz CT molecular complexity index is 405. The fourth-order valence-corrected chi connectivity index (χ4v) is 2.29. The van der Waals surface area contributed by atoms with E-state index in [-0.39, 0.29) is 0 Å². The van der Waals surface area contributed by atoms with Gasteiger partial charge in [-0.05, 0) is 41.1 Å². The molecule has 18 heavy (non-hydrogen) atoms. The Labute approximate surface area is 116 Å². The van der Waals surface area contributed by atoms with Gasteiger partial charge in [-0.3, -0.25) is 5.43 Å². The highest BCUT2D eigenvalue weighted by atomic mass is 79.9. The molecule has 0 unspecified atom stereocenters. The fourth-order valence-electron chi connectivity index (χ4n) is 1.87. The van der Waals surface area contributed by atoms with E-state index in [0.717, 1.165) is 16.8 Å². The van der Waals surface area contributed by atoms with Gasteiger partial charge in [0.05, 0.1) is 4.47 Å². The number of halogens is 1. The van der Waals surface area contributed by atoms with Gasteiger partial charge in [0.2, 0.25) is 5.95 Å². The SMILES string of the molecule is CC(C)CCN(c1nc(NN)ncc1Br)C1CC1. The third-order valence-electron chi connectivity index (χ3n) is 3.06. The van der Waals surface area contributed by atoms with Gasteiger partial charge in [0.15, 0.2) is 0 Å². The Morgan fingerprint density at radius 3 is 2.83 bits per heavy atom. The van der Waals surface area contributed by atoms with Gasteiger partial charge in [-0.25, -0.2) is 10.8 Å². The lowest BCUT2D eigenvalue weighted by Gasteiger charge is -2.25. The van der Waals surface area contributed by atoms with E-state index in [1.54, 1.807) is 6.20 Å². The number of nitrogens with zero attached hydrogens (tertiary/aromatic N) is 3. The minimum Gasteiger partial charge on any atom is -0.353 e. The van der Waals surface area contributed by atoms with Gasteiger partial charge in [-0.1, -0.05) is 13.8 Å². The van der Waals surface area contributed by atoms with Gasteiger partial charge >= 0.3 is 0 Å². The van der Waals surface area contributed by atoms with Crippen LogP contribution in [-0.4, -0.2) is 22.6 Å². The van der Waals surface area contributed by atoms with Crippen molar-refractivity contribution in [1.82, 2.24) is 9.97 Å². The molecule has 1 aliphatic carbocycles. The molecule has 1 aromatic heterocycles. The van der Waals surface area contributed by atoms with Gasteiger partial charge in [0, 0.05) is 18.8 Å². The second-order valence-corrected chi connectivity index (χ2v) is 5.97. The summed E-state index contributed by atoms with van der Waals surface area (Å²) in [4.78, 5) is 10.9. The van der Waals surface area contributed by atoms with Crippen LogP contribution in [0, 0.1) is 5.92 Å². The number of hydrogen-bond donors (Lipinski definition) is 2. The first-order valence-electron chi connectivity index (χ1n) is 6.37. The molecule has 0 bridgehead atoms. The first kappa shape index (κ1) is 13.5. The summed E-state index contributed by atoms with van der Waals surface area (Å²) in [7, 11) is 0. The molecule has 6 heteroatoms. The number of nitrogens with two attached hydrogens (primary N) is 1. The molecule has 100 valence electrons. The van der Waals surface area contributed by atoms with Crippen molar-refractivity contribution in [3.8, 4) is 0 Å². The minimum absolute atomic E-state index is 0.461. The zero-order valence-corrected chi connectivity index (χ0v) is 12.4. The summed E-state index contributed by atoms with van der Waals surface area (Å²) in [6.45, 7) is 5.52. The van der Waals surface area contributed by atoms with Crippen LogP contribution in [-0.2, 0) is 0 Å². The molecule has 0 saturated heterocycles. The van der Waals surface area contributed by atoms with Crippen LogP contribution in [0.25, 0.3) is 0 Å². The largest absolute Gasteiger partial charge is 0.353 e. The minimum atomic E-state index is 0.461.